The zero-order valence-electron chi connectivity index (χ0n) is 9.28. The summed E-state index contributed by atoms with van der Waals surface area (Å²) in [7, 11) is 1.79. The fourth-order valence-corrected chi connectivity index (χ4v) is 1.87. The number of carbonyl (C=O) groups excluding carboxylic acids is 1. The van der Waals surface area contributed by atoms with Gasteiger partial charge in [-0.15, -0.1) is 0 Å². The molecule has 0 radical (unpaired) electrons. The Kier molecular flexibility index (Phi) is 2.39. The maximum absolute atomic E-state index is 11.7. The van der Waals surface area contributed by atoms with E-state index in [2.05, 4.69) is 6.92 Å². The molecule has 1 aliphatic heterocycles. The van der Waals surface area contributed by atoms with Crippen LogP contribution in [-0.4, -0.2) is 19.1 Å². The van der Waals surface area contributed by atoms with Gasteiger partial charge in [0.05, 0.1) is 5.69 Å². The second kappa shape index (κ2) is 3.57. The lowest BCUT2D eigenvalue weighted by Crippen LogP contribution is -2.42. The molecule has 0 aromatic heterocycles. The second-order valence-electron chi connectivity index (χ2n) is 3.78. The number of ether oxygens (including phenoxy) is 1. The van der Waals surface area contributed by atoms with Crippen LogP contribution >= 0.6 is 0 Å². The van der Waals surface area contributed by atoms with E-state index < -0.39 is 0 Å². The third-order valence-electron chi connectivity index (χ3n) is 2.79. The molecule has 2 rings (SSSR count). The monoisotopic (exact) mass is 205 g/mol. The lowest BCUT2D eigenvalue weighted by atomic mass is 10.1. The summed E-state index contributed by atoms with van der Waals surface area (Å²) >= 11 is 0. The van der Waals surface area contributed by atoms with E-state index >= 15 is 0 Å². The van der Waals surface area contributed by atoms with Gasteiger partial charge in [-0.3, -0.25) is 4.79 Å². The molecule has 3 heteroatoms. The van der Waals surface area contributed by atoms with E-state index in [1.165, 1.54) is 0 Å². The summed E-state index contributed by atoms with van der Waals surface area (Å²) in [5.74, 6) is 0.866. The number of hydrogen-bond donors (Lipinski definition) is 0. The van der Waals surface area contributed by atoms with E-state index in [9.17, 15) is 4.79 Å². The summed E-state index contributed by atoms with van der Waals surface area (Å²) in [5, 5.41) is 0. The third kappa shape index (κ3) is 1.48. The minimum Gasteiger partial charge on any atom is -0.478 e. The molecule has 1 amide bonds. The first-order valence-electron chi connectivity index (χ1n) is 5.21. The highest BCUT2D eigenvalue weighted by Gasteiger charge is 2.29. The van der Waals surface area contributed by atoms with Gasteiger partial charge < -0.3 is 9.64 Å². The van der Waals surface area contributed by atoms with E-state index in [-0.39, 0.29) is 12.0 Å². The second-order valence-corrected chi connectivity index (χ2v) is 3.78. The molecule has 15 heavy (non-hydrogen) atoms. The van der Waals surface area contributed by atoms with Crippen LogP contribution < -0.4 is 9.64 Å². The van der Waals surface area contributed by atoms with Crippen molar-refractivity contribution in [3.05, 3.63) is 23.8 Å². The largest absolute Gasteiger partial charge is 0.478 e. The van der Waals surface area contributed by atoms with Crippen molar-refractivity contribution in [2.45, 2.75) is 26.4 Å². The number of hydrogen-bond acceptors (Lipinski definition) is 2. The molecule has 0 bridgehead atoms. The van der Waals surface area contributed by atoms with E-state index in [4.69, 9.17) is 4.74 Å². The number of amides is 1. The lowest BCUT2D eigenvalue weighted by Gasteiger charge is -2.31. The van der Waals surface area contributed by atoms with Crippen LogP contribution in [0.4, 0.5) is 5.69 Å². The predicted molar refractivity (Wildman–Crippen MR) is 59.3 cm³/mol. The van der Waals surface area contributed by atoms with Gasteiger partial charge in [0, 0.05) is 7.05 Å². The third-order valence-corrected chi connectivity index (χ3v) is 2.79. The van der Waals surface area contributed by atoms with Crippen LogP contribution in [0.3, 0.4) is 0 Å². The zero-order chi connectivity index (χ0) is 11.0. The molecule has 0 spiro atoms. The molecular weight excluding hydrogens is 190 g/mol. The molecule has 0 saturated carbocycles. The Morgan fingerprint density at radius 1 is 1.47 bits per heavy atom. The van der Waals surface area contributed by atoms with Crippen molar-refractivity contribution in [3.63, 3.8) is 0 Å². The molecule has 1 aromatic carbocycles. The summed E-state index contributed by atoms with van der Waals surface area (Å²) in [5.41, 5.74) is 2.02. The normalized spacial score (nSPS) is 19.8. The summed E-state index contributed by atoms with van der Waals surface area (Å²) < 4.78 is 5.65. The smallest absolute Gasteiger partial charge is 0.267 e. The van der Waals surface area contributed by atoms with Crippen molar-refractivity contribution in [3.8, 4) is 5.75 Å². The number of benzene rings is 1. The van der Waals surface area contributed by atoms with E-state index in [0.717, 1.165) is 23.4 Å². The topological polar surface area (TPSA) is 29.5 Å². The number of aryl methyl sites for hydroxylation is 1. The number of likely N-dealkylation sites (N-methyl/N-ethyl adjacent to an activating group) is 1. The molecule has 0 aliphatic carbocycles. The molecule has 1 aliphatic rings. The van der Waals surface area contributed by atoms with Gasteiger partial charge in [-0.25, -0.2) is 0 Å². The molecule has 1 unspecified atom stereocenters. The van der Waals surface area contributed by atoms with Crippen molar-refractivity contribution < 1.29 is 9.53 Å². The summed E-state index contributed by atoms with van der Waals surface area (Å²) in [6, 6.07) is 5.91. The van der Waals surface area contributed by atoms with E-state index in [0.29, 0.717) is 0 Å². The molecule has 80 valence electrons. The van der Waals surface area contributed by atoms with Gasteiger partial charge in [0.15, 0.2) is 6.10 Å². The van der Waals surface area contributed by atoms with Gasteiger partial charge in [0.1, 0.15) is 5.75 Å². The maximum atomic E-state index is 11.7. The molecule has 1 heterocycles. The Morgan fingerprint density at radius 3 is 2.87 bits per heavy atom. The quantitative estimate of drug-likeness (QED) is 0.701. The summed E-state index contributed by atoms with van der Waals surface area (Å²) in [6.45, 7) is 3.87. The fraction of sp³-hybridized carbons (Fsp3) is 0.417. The summed E-state index contributed by atoms with van der Waals surface area (Å²) in [6.07, 6.45) is 0.535. The zero-order valence-corrected chi connectivity index (χ0v) is 9.28. The highest BCUT2D eigenvalue weighted by molar-refractivity contribution is 5.99. The Bertz CT molecular complexity index is 401. The van der Waals surface area contributed by atoms with Gasteiger partial charge >= 0.3 is 0 Å². The molecule has 1 atom stereocenters. The molecular formula is C12H15NO2. The molecule has 0 N–H and O–H groups in total. The van der Waals surface area contributed by atoms with Crippen LogP contribution in [0.15, 0.2) is 18.2 Å². The average Bonchev–Trinajstić information content (AvgIpc) is 2.25. The van der Waals surface area contributed by atoms with Gasteiger partial charge in [0.2, 0.25) is 0 Å². The number of fused-ring (bicyclic) bond motifs is 1. The highest BCUT2D eigenvalue weighted by atomic mass is 16.5. The van der Waals surface area contributed by atoms with Crippen molar-refractivity contribution in [2.75, 3.05) is 11.9 Å². The van der Waals surface area contributed by atoms with Gasteiger partial charge in [-0.2, -0.15) is 0 Å². The van der Waals surface area contributed by atoms with Crippen molar-refractivity contribution in [1.29, 1.82) is 0 Å². The Balaban J connectivity index is 2.54. The first-order chi connectivity index (χ1) is 7.15. The van der Waals surface area contributed by atoms with Crippen molar-refractivity contribution in [2.24, 2.45) is 0 Å². The molecule has 1 aromatic rings. The first-order valence-corrected chi connectivity index (χ1v) is 5.21. The van der Waals surface area contributed by atoms with Crippen LogP contribution in [0.2, 0.25) is 0 Å². The predicted octanol–water partition coefficient (Wildman–Crippen LogP) is 1.99. The van der Waals surface area contributed by atoms with Crippen LogP contribution in [-0.2, 0) is 11.2 Å². The van der Waals surface area contributed by atoms with Crippen LogP contribution in [0.5, 0.6) is 5.75 Å². The maximum Gasteiger partial charge on any atom is 0.267 e. The number of carbonyl (C=O) groups is 1. The molecule has 0 fully saturated rings. The standard InChI is InChI=1S/C12H15NO2/c1-4-9-6-5-7-10-11(9)15-8(2)12(14)13(10)3/h5-8H,4H2,1-3H3. The highest BCUT2D eigenvalue weighted by Crippen LogP contribution is 2.36. The SMILES string of the molecule is CCc1cccc2c1OC(C)C(=O)N2C. The fourth-order valence-electron chi connectivity index (χ4n) is 1.87. The van der Waals surface area contributed by atoms with Gasteiger partial charge in [-0.05, 0) is 25.0 Å². The molecule has 0 saturated heterocycles. The number of rotatable bonds is 1. The first kappa shape index (κ1) is 10.0. The molecule has 3 nitrogen and oxygen atoms in total. The average molecular weight is 205 g/mol. The Labute approximate surface area is 89.7 Å². The Hall–Kier alpha value is -1.51. The number of nitrogens with zero attached hydrogens (tertiary/aromatic N) is 1. The Morgan fingerprint density at radius 2 is 2.20 bits per heavy atom. The van der Waals surface area contributed by atoms with Crippen LogP contribution in [0.1, 0.15) is 19.4 Å². The summed E-state index contributed by atoms with van der Waals surface area (Å²) in [4.78, 5) is 13.4. The minimum atomic E-state index is -0.379. The van der Waals surface area contributed by atoms with Crippen molar-refractivity contribution in [1.82, 2.24) is 0 Å². The number of anilines is 1. The lowest BCUT2D eigenvalue weighted by molar-refractivity contribution is -0.125. The van der Waals surface area contributed by atoms with Gasteiger partial charge in [-0.1, -0.05) is 19.1 Å². The van der Waals surface area contributed by atoms with Crippen LogP contribution in [0.25, 0.3) is 0 Å². The van der Waals surface area contributed by atoms with Gasteiger partial charge in [0.25, 0.3) is 5.91 Å². The van der Waals surface area contributed by atoms with E-state index in [1.54, 1.807) is 18.9 Å². The number of para-hydroxylation sites is 1. The minimum absolute atomic E-state index is 0.00996. The van der Waals surface area contributed by atoms with E-state index in [1.807, 2.05) is 18.2 Å². The van der Waals surface area contributed by atoms with Crippen molar-refractivity contribution >= 4 is 11.6 Å². The van der Waals surface area contributed by atoms with Crippen LogP contribution in [0, 0.1) is 0 Å².